The number of nitrogens with two attached hydrogens (primary N) is 1. The van der Waals surface area contributed by atoms with E-state index in [9.17, 15) is 4.39 Å². The third-order valence-electron chi connectivity index (χ3n) is 5.11. The van der Waals surface area contributed by atoms with E-state index in [4.69, 9.17) is 21.9 Å². The zero-order chi connectivity index (χ0) is 20.0. The van der Waals surface area contributed by atoms with E-state index in [2.05, 4.69) is 25.1 Å². The quantitative estimate of drug-likeness (QED) is 0.499. The Bertz CT molecular complexity index is 1160. The molecule has 3 aromatic heterocycles. The Labute approximate surface area is 170 Å². The lowest BCUT2D eigenvalue weighted by molar-refractivity contribution is 0.366. The minimum absolute atomic E-state index is 0.172. The molecule has 0 aliphatic heterocycles. The third kappa shape index (κ3) is 3.15. The zero-order valence-corrected chi connectivity index (χ0v) is 15.9. The molecule has 0 amide bonds. The van der Waals surface area contributed by atoms with E-state index in [1.54, 1.807) is 18.3 Å². The van der Waals surface area contributed by atoms with Crippen molar-refractivity contribution in [3.63, 3.8) is 0 Å². The molecule has 3 N–H and O–H groups in total. The minimum Gasteiger partial charge on any atom is -0.382 e. The van der Waals surface area contributed by atoms with Gasteiger partial charge in [0.05, 0.1) is 16.3 Å². The summed E-state index contributed by atoms with van der Waals surface area (Å²) >= 11 is 6.12. The minimum atomic E-state index is -0.482. The predicted molar refractivity (Wildman–Crippen MR) is 107 cm³/mol. The van der Waals surface area contributed by atoms with E-state index in [1.807, 2.05) is 6.07 Å². The molecule has 0 bridgehead atoms. The van der Waals surface area contributed by atoms with Crippen molar-refractivity contribution in [2.75, 3.05) is 5.73 Å². The van der Waals surface area contributed by atoms with Crippen molar-refractivity contribution in [1.29, 1.82) is 0 Å². The van der Waals surface area contributed by atoms with Crippen LogP contribution in [0, 0.1) is 5.82 Å². The first-order valence-electron chi connectivity index (χ1n) is 9.20. The molecule has 0 spiro atoms. The van der Waals surface area contributed by atoms with Gasteiger partial charge in [0.1, 0.15) is 23.2 Å². The molecular weight excluding hydrogens is 395 g/mol. The number of nitrogen functional groups attached to an aromatic ring is 1. The average Bonchev–Trinajstić information content (AvgIpc) is 3.28. The summed E-state index contributed by atoms with van der Waals surface area (Å²) in [5.74, 6) is 1.51. The van der Waals surface area contributed by atoms with Gasteiger partial charge in [0.25, 0.3) is 5.89 Å². The van der Waals surface area contributed by atoms with Crippen LogP contribution in [-0.4, -0.2) is 25.1 Å². The zero-order valence-electron chi connectivity index (χ0n) is 15.2. The Hall–Kier alpha value is -3.26. The summed E-state index contributed by atoms with van der Waals surface area (Å²) in [7, 11) is 0. The van der Waals surface area contributed by atoms with Crippen LogP contribution in [0.3, 0.4) is 0 Å². The van der Waals surface area contributed by atoms with E-state index in [0.29, 0.717) is 28.8 Å². The van der Waals surface area contributed by atoms with Crippen LogP contribution in [-0.2, 0) is 0 Å². The number of hydrogen-bond donors (Lipinski definition) is 2. The second kappa shape index (κ2) is 6.97. The molecular formula is C20H16ClFN6O. The third-order valence-corrected chi connectivity index (χ3v) is 5.43. The molecule has 0 unspecified atom stereocenters. The fraction of sp³-hybridized carbons (Fsp3) is 0.200. The highest BCUT2D eigenvalue weighted by Crippen LogP contribution is 2.36. The fourth-order valence-corrected chi connectivity index (χ4v) is 3.54. The molecule has 4 aromatic rings. The second-order valence-corrected chi connectivity index (χ2v) is 7.37. The highest BCUT2D eigenvalue weighted by atomic mass is 35.5. The number of benzene rings is 1. The molecule has 1 aliphatic carbocycles. The number of nitrogens with zero attached hydrogens (tertiary/aromatic N) is 4. The maximum absolute atomic E-state index is 14.2. The highest BCUT2D eigenvalue weighted by Gasteiger charge is 2.25. The monoisotopic (exact) mass is 410 g/mol. The van der Waals surface area contributed by atoms with E-state index in [0.717, 1.165) is 18.7 Å². The number of pyridine rings is 1. The number of aromatic nitrogens is 5. The first-order valence-corrected chi connectivity index (χ1v) is 9.58. The average molecular weight is 411 g/mol. The van der Waals surface area contributed by atoms with Gasteiger partial charge in [0.2, 0.25) is 0 Å². The molecule has 1 fully saturated rings. The number of rotatable bonds is 4. The normalized spacial score (nSPS) is 14.1. The van der Waals surface area contributed by atoms with Crippen LogP contribution < -0.4 is 5.73 Å². The Kier molecular flexibility index (Phi) is 4.28. The van der Waals surface area contributed by atoms with Crippen LogP contribution in [0.5, 0.6) is 0 Å². The Balaban J connectivity index is 1.44. The van der Waals surface area contributed by atoms with Crippen molar-refractivity contribution in [3.8, 4) is 34.2 Å². The SMILES string of the molecule is Nc1nc(-c2c(F)cccc2Cl)[nH]c1-c1ccc(-c2nc(C3CCC3)no2)nc1. The summed E-state index contributed by atoms with van der Waals surface area (Å²) in [6.07, 6.45) is 5.02. The highest BCUT2D eigenvalue weighted by molar-refractivity contribution is 6.33. The molecule has 9 heteroatoms. The Morgan fingerprint density at radius 1 is 1.17 bits per heavy atom. The summed E-state index contributed by atoms with van der Waals surface area (Å²) in [6.45, 7) is 0. The molecule has 0 radical (unpaired) electrons. The second-order valence-electron chi connectivity index (χ2n) is 6.96. The summed E-state index contributed by atoms with van der Waals surface area (Å²) in [6, 6.07) is 8.02. The van der Waals surface area contributed by atoms with Crippen molar-refractivity contribution in [1.82, 2.24) is 25.1 Å². The van der Waals surface area contributed by atoms with Gasteiger partial charge < -0.3 is 15.2 Å². The van der Waals surface area contributed by atoms with Crippen molar-refractivity contribution in [2.24, 2.45) is 0 Å². The summed E-state index contributed by atoms with van der Waals surface area (Å²) in [5, 5.41) is 4.30. The number of nitrogens with one attached hydrogen (secondary N) is 1. The van der Waals surface area contributed by atoms with E-state index >= 15 is 0 Å². The fourth-order valence-electron chi connectivity index (χ4n) is 3.29. The van der Waals surface area contributed by atoms with Gasteiger partial charge in [0.15, 0.2) is 5.82 Å². The molecule has 7 nitrogen and oxygen atoms in total. The number of anilines is 1. The lowest BCUT2D eigenvalue weighted by Gasteiger charge is -2.20. The van der Waals surface area contributed by atoms with Gasteiger partial charge in [-0.15, -0.1) is 0 Å². The number of H-pyrrole nitrogens is 1. The van der Waals surface area contributed by atoms with Gasteiger partial charge >= 0.3 is 0 Å². The van der Waals surface area contributed by atoms with Crippen molar-refractivity contribution in [2.45, 2.75) is 25.2 Å². The van der Waals surface area contributed by atoms with Gasteiger partial charge in [0, 0.05) is 17.7 Å². The van der Waals surface area contributed by atoms with E-state index in [1.165, 1.54) is 18.6 Å². The first kappa shape index (κ1) is 17.8. The molecule has 1 aromatic carbocycles. The molecule has 3 heterocycles. The molecule has 1 saturated carbocycles. The standard InChI is InChI=1S/C20H16ClFN6O/c21-12-5-2-6-13(22)15(12)19-25-16(17(23)26-19)11-7-8-14(24-9-11)20-27-18(28-29-20)10-3-1-4-10/h2,5-10H,1,3-4,23H2,(H,25,26). The summed E-state index contributed by atoms with van der Waals surface area (Å²) in [4.78, 5) is 16.1. The van der Waals surface area contributed by atoms with Gasteiger partial charge in [-0.25, -0.2) is 9.37 Å². The molecule has 0 atom stereocenters. The number of hydrogen-bond acceptors (Lipinski definition) is 6. The Morgan fingerprint density at radius 2 is 2.03 bits per heavy atom. The van der Waals surface area contributed by atoms with Crippen LogP contribution >= 0.6 is 11.6 Å². The lowest BCUT2D eigenvalue weighted by Crippen LogP contribution is -2.10. The van der Waals surface area contributed by atoms with Crippen molar-refractivity contribution in [3.05, 3.63) is 53.2 Å². The first-order chi connectivity index (χ1) is 14.1. The van der Waals surface area contributed by atoms with Crippen LogP contribution in [0.2, 0.25) is 5.02 Å². The summed E-state index contributed by atoms with van der Waals surface area (Å²) in [5.41, 5.74) is 8.00. The van der Waals surface area contributed by atoms with Crippen LogP contribution in [0.25, 0.3) is 34.2 Å². The van der Waals surface area contributed by atoms with Gasteiger partial charge in [-0.1, -0.05) is 29.2 Å². The van der Waals surface area contributed by atoms with Crippen LogP contribution in [0.4, 0.5) is 10.2 Å². The molecule has 5 rings (SSSR count). The van der Waals surface area contributed by atoms with Gasteiger partial charge in [-0.3, -0.25) is 4.98 Å². The number of imidazole rings is 1. The lowest BCUT2D eigenvalue weighted by atomic mass is 9.85. The van der Waals surface area contributed by atoms with E-state index in [-0.39, 0.29) is 22.2 Å². The maximum Gasteiger partial charge on any atom is 0.276 e. The maximum atomic E-state index is 14.2. The smallest absolute Gasteiger partial charge is 0.276 e. The molecule has 29 heavy (non-hydrogen) atoms. The topological polar surface area (TPSA) is 107 Å². The molecule has 146 valence electrons. The van der Waals surface area contributed by atoms with E-state index < -0.39 is 5.82 Å². The van der Waals surface area contributed by atoms with Gasteiger partial charge in [-0.05, 0) is 37.1 Å². The van der Waals surface area contributed by atoms with Crippen molar-refractivity contribution >= 4 is 17.4 Å². The molecule has 1 aliphatic rings. The predicted octanol–water partition coefficient (Wildman–Crippen LogP) is 4.83. The van der Waals surface area contributed by atoms with Crippen molar-refractivity contribution < 1.29 is 8.91 Å². The molecule has 0 saturated heterocycles. The number of halogens is 2. The van der Waals surface area contributed by atoms with Gasteiger partial charge in [-0.2, -0.15) is 4.98 Å². The largest absolute Gasteiger partial charge is 0.382 e. The van der Waals surface area contributed by atoms with Crippen LogP contribution in [0.15, 0.2) is 41.1 Å². The van der Waals surface area contributed by atoms with Crippen LogP contribution in [0.1, 0.15) is 31.0 Å². The Morgan fingerprint density at radius 3 is 2.72 bits per heavy atom. The number of aromatic amines is 1. The summed E-state index contributed by atoms with van der Waals surface area (Å²) < 4.78 is 19.5.